The first-order valence-corrected chi connectivity index (χ1v) is 15.3. The van der Waals surface area contributed by atoms with Crippen LogP contribution in [0, 0.1) is 29.1 Å². The Labute approximate surface area is 192 Å². The lowest BCUT2D eigenvalue weighted by atomic mass is 10.0. The Morgan fingerprint density at radius 3 is 1.19 bits per heavy atom. The molecule has 0 amide bonds. The standard InChI is InChI=1S/C25H41F5OSi/c1-4-5-6-7-8-9-10-11-12-13-14-15-16-17-18-19-31-32(2,3)25-23(29)21(27)20(26)22(28)24(25)30/h4-19H2,1-3H3. The fourth-order valence-corrected chi connectivity index (χ4v) is 6.08. The van der Waals surface area contributed by atoms with Gasteiger partial charge in [0.1, 0.15) is 0 Å². The molecule has 0 aliphatic heterocycles. The molecule has 1 nitrogen and oxygen atoms in total. The molecule has 0 spiro atoms. The predicted molar refractivity (Wildman–Crippen MR) is 124 cm³/mol. The minimum Gasteiger partial charge on any atom is -0.413 e. The van der Waals surface area contributed by atoms with Crippen LogP contribution in [0.4, 0.5) is 22.0 Å². The largest absolute Gasteiger partial charge is 0.413 e. The van der Waals surface area contributed by atoms with Crippen LogP contribution in [0.5, 0.6) is 0 Å². The number of halogens is 5. The average Bonchev–Trinajstić information content (AvgIpc) is 2.76. The lowest BCUT2D eigenvalue weighted by Crippen LogP contribution is -2.50. The summed E-state index contributed by atoms with van der Waals surface area (Å²) in [6, 6.07) is 0. The average molecular weight is 481 g/mol. The van der Waals surface area contributed by atoms with Crippen LogP contribution in [0.25, 0.3) is 0 Å². The van der Waals surface area contributed by atoms with E-state index in [0.717, 1.165) is 19.3 Å². The summed E-state index contributed by atoms with van der Waals surface area (Å²) >= 11 is 0. The van der Waals surface area contributed by atoms with E-state index in [1.165, 1.54) is 83.7 Å². The number of benzene rings is 1. The molecule has 1 aromatic rings. The molecule has 0 saturated carbocycles. The quantitative estimate of drug-likeness (QED) is 0.0671. The Bertz CT molecular complexity index is 637. The van der Waals surface area contributed by atoms with Crippen molar-refractivity contribution >= 4 is 13.5 Å². The Balaban J connectivity index is 2.13. The highest BCUT2D eigenvalue weighted by atomic mass is 28.4. The SMILES string of the molecule is CCCCCCCCCCCCCCCCCO[Si](C)(C)c1c(F)c(F)c(F)c(F)c1F. The van der Waals surface area contributed by atoms with E-state index in [2.05, 4.69) is 6.92 Å². The zero-order valence-electron chi connectivity index (χ0n) is 20.1. The summed E-state index contributed by atoms with van der Waals surface area (Å²) in [7, 11) is -3.26. The molecule has 0 aliphatic carbocycles. The molecule has 32 heavy (non-hydrogen) atoms. The van der Waals surface area contributed by atoms with E-state index in [0.29, 0.717) is 6.42 Å². The molecule has 0 aliphatic rings. The zero-order valence-corrected chi connectivity index (χ0v) is 21.1. The Morgan fingerprint density at radius 1 is 0.500 bits per heavy atom. The normalized spacial score (nSPS) is 12.0. The molecule has 1 rings (SSSR count). The second-order valence-corrected chi connectivity index (χ2v) is 13.1. The van der Waals surface area contributed by atoms with Gasteiger partial charge in [0, 0.05) is 11.8 Å². The monoisotopic (exact) mass is 480 g/mol. The lowest BCUT2D eigenvalue weighted by molar-refractivity contribution is 0.298. The summed E-state index contributed by atoms with van der Waals surface area (Å²) in [5.41, 5.74) is 0. The van der Waals surface area contributed by atoms with Gasteiger partial charge in [0.2, 0.25) is 14.1 Å². The van der Waals surface area contributed by atoms with E-state index in [9.17, 15) is 22.0 Å². The summed E-state index contributed by atoms with van der Waals surface area (Å²) in [5.74, 6) is -9.48. The summed E-state index contributed by atoms with van der Waals surface area (Å²) in [6.45, 7) is 5.41. The van der Waals surface area contributed by atoms with Crippen LogP contribution in [0.1, 0.15) is 103 Å². The van der Waals surface area contributed by atoms with Gasteiger partial charge in [-0.15, -0.1) is 0 Å². The van der Waals surface area contributed by atoms with Crippen molar-refractivity contribution in [3.8, 4) is 0 Å². The Hall–Kier alpha value is -0.953. The van der Waals surface area contributed by atoms with E-state index in [1.807, 2.05) is 0 Å². The number of hydrogen-bond donors (Lipinski definition) is 0. The summed E-state index contributed by atoms with van der Waals surface area (Å²) in [4.78, 5) is 0. The zero-order chi connectivity index (χ0) is 24.0. The second kappa shape index (κ2) is 15.8. The highest BCUT2D eigenvalue weighted by molar-refractivity contribution is 6.84. The van der Waals surface area contributed by atoms with Gasteiger partial charge in [0.25, 0.3) is 0 Å². The van der Waals surface area contributed by atoms with Crippen LogP contribution in [0.3, 0.4) is 0 Å². The molecule has 0 radical (unpaired) electrons. The number of hydrogen-bond acceptors (Lipinski definition) is 1. The van der Waals surface area contributed by atoms with E-state index in [1.54, 1.807) is 0 Å². The maximum absolute atomic E-state index is 14.0. The minimum absolute atomic E-state index is 0.261. The third kappa shape index (κ3) is 9.90. The molecule has 1 aromatic carbocycles. The van der Waals surface area contributed by atoms with Crippen LogP contribution in [-0.4, -0.2) is 14.9 Å². The van der Waals surface area contributed by atoms with Gasteiger partial charge in [-0.2, -0.15) is 0 Å². The minimum atomic E-state index is -3.26. The van der Waals surface area contributed by atoms with Crippen molar-refractivity contribution in [3.63, 3.8) is 0 Å². The van der Waals surface area contributed by atoms with Crippen molar-refractivity contribution in [1.29, 1.82) is 0 Å². The van der Waals surface area contributed by atoms with Gasteiger partial charge in [0.05, 0.1) is 0 Å². The van der Waals surface area contributed by atoms with Crippen LogP contribution >= 0.6 is 0 Å². The molecule has 0 aromatic heterocycles. The first-order valence-electron chi connectivity index (χ1n) is 12.4. The van der Waals surface area contributed by atoms with Crippen molar-refractivity contribution in [2.24, 2.45) is 0 Å². The van der Waals surface area contributed by atoms with Crippen LogP contribution < -0.4 is 5.19 Å². The van der Waals surface area contributed by atoms with E-state index in [4.69, 9.17) is 4.43 Å². The van der Waals surface area contributed by atoms with Crippen molar-refractivity contribution in [2.75, 3.05) is 6.61 Å². The number of unbranched alkanes of at least 4 members (excludes halogenated alkanes) is 14. The molecule has 0 saturated heterocycles. The van der Waals surface area contributed by atoms with Crippen LogP contribution in [-0.2, 0) is 4.43 Å². The van der Waals surface area contributed by atoms with Crippen molar-refractivity contribution < 1.29 is 26.4 Å². The summed E-state index contributed by atoms with van der Waals surface area (Å²) < 4.78 is 73.9. The fourth-order valence-electron chi connectivity index (χ4n) is 4.01. The van der Waals surface area contributed by atoms with Crippen molar-refractivity contribution in [3.05, 3.63) is 29.1 Å². The molecule has 0 heterocycles. The highest BCUT2D eigenvalue weighted by Crippen LogP contribution is 2.21. The van der Waals surface area contributed by atoms with E-state index >= 15 is 0 Å². The van der Waals surface area contributed by atoms with Gasteiger partial charge < -0.3 is 4.43 Å². The van der Waals surface area contributed by atoms with Gasteiger partial charge in [-0.25, -0.2) is 22.0 Å². The third-order valence-corrected chi connectivity index (χ3v) is 8.59. The summed E-state index contributed by atoms with van der Waals surface area (Å²) in [5, 5.41) is -0.783. The number of rotatable bonds is 18. The smallest absolute Gasteiger partial charge is 0.224 e. The van der Waals surface area contributed by atoms with Crippen LogP contribution in [0.2, 0.25) is 13.1 Å². The molecule has 0 N–H and O–H groups in total. The first-order chi connectivity index (χ1) is 15.2. The predicted octanol–water partition coefficient (Wildman–Crippen LogP) is 8.68. The fraction of sp³-hybridized carbons (Fsp3) is 0.760. The lowest BCUT2D eigenvalue weighted by Gasteiger charge is -2.24. The maximum Gasteiger partial charge on any atom is 0.224 e. The molecular formula is C25H41F5OSi. The van der Waals surface area contributed by atoms with Crippen LogP contribution in [0.15, 0.2) is 0 Å². The molecule has 7 heteroatoms. The highest BCUT2D eigenvalue weighted by Gasteiger charge is 2.37. The molecular weight excluding hydrogens is 439 g/mol. The topological polar surface area (TPSA) is 9.23 Å². The third-order valence-electron chi connectivity index (χ3n) is 6.02. The van der Waals surface area contributed by atoms with Gasteiger partial charge in [-0.3, -0.25) is 0 Å². The van der Waals surface area contributed by atoms with Gasteiger partial charge in [0.15, 0.2) is 23.3 Å². The first kappa shape index (κ1) is 29.1. The van der Waals surface area contributed by atoms with E-state index in [-0.39, 0.29) is 6.61 Å². The molecule has 0 fully saturated rings. The van der Waals surface area contributed by atoms with Gasteiger partial charge in [-0.1, -0.05) is 96.8 Å². The summed E-state index contributed by atoms with van der Waals surface area (Å²) in [6.07, 6.45) is 18.4. The Kier molecular flexibility index (Phi) is 14.4. The molecule has 186 valence electrons. The van der Waals surface area contributed by atoms with Crippen molar-refractivity contribution in [1.82, 2.24) is 0 Å². The van der Waals surface area contributed by atoms with Gasteiger partial charge >= 0.3 is 0 Å². The van der Waals surface area contributed by atoms with Gasteiger partial charge in [-0.05, 0) is 19.5 Å². The molecule has 0 bridgehead atoms. The van der Waals surface area contributed by atoms with E-state index < -0.39 is 42.6 Å². The molecule has 0 atom stereocenters. The Morgan fingerprint density at radius 2 is 0.812 bits per heavy atom. The maximum atomic E-state index is 14.0. The molecule has 0 unspecified atom stereocenters. The second-order valence-electron chi connectivity index (χ2n) is 9.25. The van der Waals surface area contributed by atoms with Crippen molar-refractivity contribution in [2.45, 2.75) is 116 Å².